The average molecular weight is 451 g/mol. The number of fused-ring (bicyclic) bond motifs is 8. The molecule has 2 aromatic carbocycles. The smallest absolute Gasteiger partial charge is 0.308 e. The van der Waals surface area contributed by atoms with Crippen LogP contribution in [0.5, 0.6) is 5.75 Å². The molecular weight excluding hydrogens is 432 g/mol. The van der Waals surface area contributed by atoms with Crippen molar-refractivity contribution >= 4 is 40.8 Å². The standard InChI is InChI=1S/C24H19ClN2O5/c1-11(28)31-13-8-6-12(7-9-13)27-23(29)18-15-10-16(19(18)24(27)30)22-20(15)21(26-32-22)14-4-2-3-5-17(14)25/h2-9,15-16,18-20,22H,10H2,1H3/t15-,16-,18-,19-,20-,22+/m0/s1. The number of esters is 1. The Labute approximate surface area is 188 Å². The second-order valence-corrected chi connectivity index (χ2v) is 9.17. The second-order valence-electron chi connectivity index (χ2n) is 8.77. The second kappa shape index (κ2) is 6.90. The van der Waals surface area contributed by atoms with Crippen LogP contribution in [-0.2, 0) is 19.2 Å². The van der Waals surface area contributed by atoms with Crippen molar-refractivity contribution in [1.29, 1.82) is 0 Å². The highest BCUT2D eigenvalue weighted by atomic mass is 35.5. The van der Waals surface area contributed by atoms with E-state index in [4.69, 9.17) is 21.2 Å². The first-order valence-electron chi connectivity index (χ1n) is 10.6. The van der Waals surface area contributed by atoms with Crippen molar-refractivity contribution in [2.45, 2.75) is 19.4 Å². The molecule has 0 unspecified atom stereocenters. The van der Waals surface area contributed by atoms with Crippen molar-refractivity contribution < 1.29 is 24.0 Å². The SMILES string of the molecule is CC(=O)Oc1ccc(N2C(=O)[C@H]3[C@@H]4C[C@H]([C@H]5C(c6ccccc6Cl)=NO[C@H]45)[C@@H]3C2=O)cc1. The first-order valence-corrected chi connectivity index (χ1v) is 11.0. The summed E-state index contributed by atoms with van der Waals surface area (Å²) in [6.07, 6.45) is 0.556. The predicted molar refractivity (Wildman–Crippen MR) is 115 cm³/mol. The number of ether oxygens (including phenoxy) is 1. The molecule has 3 fully saturated rings. The maximum atomic E-state index is 13.5. The van der Waals surface area contributed by atoms with Crippen LogP contribution in [-0.4, -0.2) is 29.6 Å². The highest BCUT2D eigenvalue weighted by Crippen LogP contribution is 2.62. The van der Waals surface area contributed by atoms with Gasteiger partial charge in [0.1, 0.15) is 11.9 Å². The minimum absolute atomic E-state index is 0.0192. The normalized spacial score (nSPS) is 31.9. The fourth-order valence-electron chi connectivity index (χ4n) is 6.10. The Hall–Kier alpha value is -3.19. The molecule has 2 bridgehead atoms. The zero-order chi connectivity index (χ0) is 22.1. The molecule has 2 aliphatic heterocycles. The molecule has 2 aromatic rings. The van der Waals surface area contributed by atoms with Crippen LogP contribution >= 0.6 is 11.6 Å². The zero-order valence-corrected chi connectivity index (χ0v) is 17.9. The van der Waals surface area contributed by atoms with Crippen LogP contribution in [0.4, 0.5) is 5.69 Å². The Morgan fingerprint density at radius 1 is 1.03 bits per heavy atom. The topological polar surface area (TPSA) is 85.3 Å². The van der Waals surface area contributed by atoms with Crippen LogP contribution in [0, 0.1) is 29.6 Å². The summed E-state index contributed by atoms with van der Waals surface area (Å²) in [5.74, 6) is -1.36. The summed E-state index contributed by atoms with van der Waals surface area (Å²) in [5, 5.41) is 4.93. The number of nitrogens with zero attached hydrogens (tertiary/aromatic N) is 2. The largest absolute Gasteiger partial charge is 0.427 e. The van der Waals surface area contributed by atoms with E-state index in [1.165, 1.54) is 11.8 Å². The van der Waals surface area contributed by atoms with Gasteiger partial charge in [-0.25, -0.2) is 0 Å². The third-order valence-electron chi connectivity index (χ3n) is 7.20. The van der Waals surface area contributed by atoms with Crippen LogP contribution in [0.1, 0.15) is 18.9 Å². The first kappa shape index (κ1) is 19.5. The van der Waals surface area contributed by atoms with Gasteiger partial charge in [-0.3, -0.25) is 19.3 Å². The quantitative estimate of drug-likeness (QED) is 0.406. The minimum Gasteiger partial charge on any atom is -0.427 e. The van der Waals surface area contributed by atoms with Gasteiger partial charge in [0.05, 0.1) is 23.2 Å². The molecule has 8 heteroatoms. The lowest BCUT2D eigenvalue weighted by Gasteiger charge is -2.30. The van der Waals surface area contributed by atoms with E-state index in [9.17, 15) is 14.4 Å². The van der Waals surface area contributed by atoms with Crippen molar-refractivity contribution in [3.63, 3.8) is 0 Å². The molecule has 1 saturated heterocycles. The third-order valence-corrected chi connectivity index (χ3v) is 7.53. The fourth-order valence-corrected chi connectivity index (χ4v) is 6.33. The molecule has 32 heavy (non-hydrogen) atoms. The zero-order valence-electron chi connectivity index (χ0n) is 17.1. The summed E-state index contributed by atoms with van der Waals surface area (Å²) in [5.41, 5.74) is 2.08. The van der Waals surface area contributed by atoms with Crippen molar-refractivity contribution in [2.75, 3.05) is 4.90 Å². The fraction of sp³-hybridized carbons (Fsp3) is 0.333. The third kappa shape index (κ3) is 2.60. The molecule has 0 N–H and O–H groups in total. The number of hydrogen-bond donors (Lipinski definition) is 0. The van der Waals surface area contributed by atoms with Gasteiger partial charge in [0.25, 0.3) is 0 Å². The summed E-state index contributed by atoms with van der Waals surface area (Å²) in [6, 6.07) is 13.9. The molecule has 0 radical (unpaired) electrons. The summed E-state index contributed by atoms with van der Waals surface area (Å²) in [6.45, 7) is 1.32. The van der Waals surface area contributed by atoms with Gasteiger partial charge in [-0.2, -0.15) is 0 Å². The highest BCUT2D eigenvalue weighted by Gasteiger charge is 2.70. The Morgan fingerprint density at radius 3 is 2.41 bits per heavy atom. The summed E-state index contributed by atoms with van der Waals surface area (Å²) in [4.78, 5) is 45.1. The number of oxime groups is 1. The van der Waals surface area contributed by atoms with E-state index in [0.29, 0.717) is 16.5 Å². The Morgan fingerprint density at radius 2 is 1.72 bits per heavy atom. The van der Waals surface area contributed by atoms with Crippen LogP contribution in [0.2, 0.25) is 5.02 Å². The molecule has 0 spiro atoms. The summed E-state index contributed by atoms with van der Waals surface area (Å²) >= 11 is 6.41. The molecule has 2 heterocycles. The molecule has 7 nitrogen and oxygen atoms in total. The molecule has 2 saturated carbocycles. The van der Waals surface area contributed by atoms with E-state index < -0.39 is 17.8 Å². The van der Waals surface area contributed by atoms with Gasteiger partial charge in [-0.15, -0.1) is 0 Å². The molecule has 4 aliphatic rings. The maximum Gasteiger partial charge on any atom is 0.308 e. The van der Waals surface area contributed by atoms with Gasteiger partial charge in [0, 0.05) is 29.3 Å². The number of carbonyl (C=O) groups excluding carboxylic acids is 3. The van der Waals surface area contributed by atoms with Gasteiger partial charge in [0.2, 0.25) is 11.8 Å². The van der Waals surface area contributed by atoms with Crippen molar-refractivity contribution in [1.82, 2.24) is 0 Å². The Balaban J connectivity index is 1.31. The summed E-state index contributed by atoms with van der Waals surface area (Å²) < 4.78 is 5.05. The number of amides is 2. The van der Waals surface area contributed by atoms with Gasteiger partial charge in [-0.1, -0.05) is 35.0 Å². The lowest BCUT2D eigenvalue weighted by atomic mass is 9.71. The average Bonchev–Trinajstić information content (AvgIpc) is 3.49. The van der Waals surface area contributed by atoms with Crippen molar-refractivity contribution in [3.05, 3.63) is 59.1 Å². The van der Waals surface area contributed by atoms with Crippen LogP contribution < -0.4 is 9.64 Å². The highest BCUT2D eigenvalue weighted by molar-refractivity contribution is 6.34. The molecule has 162 valence electrons. The van der Waals surface area contributed by atoms with Gasteiger partial charge in [0.15, 0.2) is 0 Å². The monoisotopic (exact) mass is 450 g/mol. The lowest BCUT2D eigenvalue weighted by molar-refractivity contribution is -0.132. The molecular formula is C24H19ClN2O5. The number of imide groups is 1. The minimum atomic E-state index is -0.431. The van der Waals surface area contributed by atoms with E-state index >= 15 is 0 Å². The van der Waals surface area contributed by atoms with E-state index in [-0.39, 0.29) is 35.7 Å². The number of anilines is 1. The molecule has 6 rings (SSSR count). The molecule has 2 aliphatic carbocycles. The predicted octanol–water partition coefficient (Wildman–Crippen LogP) is 3.44. The van der Waals surface area contributed by atoms with Gasteiger partial charge >= 0.3 is 5.97 Å². The summed E-state index contributed by atoms with van der Waals surface area (Å²) in [7, 11) is 0. The van der Waals surface area contributed by atoms with Crippen molar-refractivity contribution in [2.24, 2.45) is 34.7 Å². The maximum absolute atomic E-state index is 13.5. The molecule has 2 amide bonds. The van der Waals surface area contributed by atoms with Crippen LogP contribution in [0.3, 0.4) is 0 Å². The van der Waals surface area contributed by atoms with E-state index in [1.807, 2.05) is 24.3 Å². The number of rotatable bonds is 3. The van der Waals surface area contributed by atoms with Gasteiger partial charge < -0.3 is 9.57 Å². The first-order chi connectivity index (χ1) is 15.5. The van der Waals surface area contributed by atoms with E-state index in [0.717, 1.165) is 17.7 Å². The Bertz CT molecular complexity index is 1190. The Kier molecular flexibility index (Phi) is 4.21. The lowest BCUT2D eigenvalue weighted by Crippen LogP contribution is -2.41. The van der Waals surface area contributed by atoms with Gasteiger partial charge in [-0.05, 0) is 42.7 Å². The number of carbonyl (C=O) groups is 3. The number of hydrogen-bond acceptors (Lipinski definition) is 6. The van der Waals surface area contributed by atoms with Crippen LogP contribution in [0.15, 0.2) is 53.7 Å². The van der Waals surface area contributed by atoms with E-state index in [1.54, 1.807) is 24.3 Å². The van der Waals surface area contributed by atoms with Crippen LogP contribution in [0.25, 0.3) is 0 Å². The number of benzene rings is 2. The van der Waals surface area contributed by atoms with E-state index in [2.05, 4.69) is 5.16 Å². The van der Waals surface area contributed by atoms with Crippen molar-refractivity contribution in [3.8, 4) is 5.75 Å². The molecule has 0 aromatic heterocycles. The number of halogens is 1. The molecule has 6 atom stereocenters.